The molecule has 0 bridgehead atoms. The Hall–Kier alpha value is -1.35. The maximum atomic E-state index is 11.5. The lowest BCUT2D eigenvalue weighted by Gasteiger charge is -2.18. The van der Waals surface area contributed by atoms with Crippen LogP contribution < -0.4 is 5.32 Å². The quantitative estimate of drug-likeness (QED) is 0.769. The van der Waals surface area contributed by atoms with Gasteiger partial charge in [0.2, 0.25) is 0 Å². The minimum Gasteiger partial charge on any atom is -0.469 e. The maximum Gasteiger partial charge on any atom is 0.307 e. The molecule has 1 atom stereocenters. The number of benzene rings is 1. The minimum atomic E-state index is -0.154. The largest absolute Gasteiger partial charge is 0.469 e. The lowest BCUT2D eigenvalue weighted by atomic mass is 9.97. The predicted octanol–water partition coefficient (Wildman–Crippen LogP) is 2.78. The van der Waals surface area contributed by atoms with Crippen molar-refractivity contribution in [3.8, 4) is 0 Å². The Morgan fingerprint density at radius 1 is 1.37 bits per heavy atom. The molecule has 1 unspecified atom stereocenters. The van der Waals surface area contributed by atoms with E-state index in [9.17, 15) is 4.79 Å². The van der Waals surface area contributed by atoms with E-state index >= 15 is 0 Å². The van der Waals surface area contributed by atoms with Crippen LogP contribution in [0, 0.1) is 13.8 Å². The zero-order chi connectivity index (χ0) is 14.3. The Bertz CT molecular complexity index is 415. The van der Waals surface area contributed by atoms with Crippen LogP contribution in [0.15, 0.2) is 18.2 Å². The van der Waals surface area contributed by atoms with Crippen LogP contribution in [0.3, 0.4) is 0 Å². The fourth-order valence-electron chi connectivity index (χ4n) is 2.19. The van der Waals surface area contributed by atoms with Crippen molar-refractivity contribution in [2.45, 2.75) is 46.1 Å². The highest BCUT2D eigenvalue weighted by atomic mass is 16.5. The second-order valence-electron chi connectivity index (χ2n) is 5.07. The van der Waals surface area contributed by atoms with Crippen LogP contribution in [0.2, 0.25) is 0 Å². The van der Waals surface area contributed by atoms with Gasteiger partial charge in [0.25, 0.3) is 0 Å². The van der Waals surface area contributed by atoms with Gasteiger partial charge in [0.15, 0.2) is 0 Å². The molecule has 0 aromatic heterocycles. The summed E-state index contributed by atoms with van der Waals surface area (Å²) in [6, 6.07) is 6.61. The number of hydrogen-bond donors (Lipinski definition) is 1. The summed E-state index contributed by atoms with van der Waals surface area (Å²) < 4.78 is 4.77. The van der Waals surface area contributed by atoms with Gasteiger partial charge in [-0.25, -0.2) is 0 Å². The third-order valence-corrected chi connectivity index (χ3v) is 3.29. The average molecular weight is 263 g/mol. The molecule has 0 radical (unpaired) electrons. The van der Waals surface area contributed by atoms with Crippen LogP contribution in [-0.4, -0.2) is 25.7 Å². The van der Waals surface area contributed by atoms with Crippen molar-refractivity contribution < 1.29 is 9.53 Å². The Morgan fingerprint density at radius 3 is 2.68 bits per heavy atom. The molecule has 19 heavy (non-hydrogen) atoms. The Morgan fingerprint density at radius 2 is 2.11 bits per heavy atom. The van der Waals surface area contributed by atoms with E-state index in [-0.39, 0.29) is 12.0 Å². The molecule has 1 N–H and O–H groups in total. The SMILES string of the molecule is CCCNC(CC(=O)OC)Cc1ccc(C)cc1C. The lowest BCUT2D eigenvalue weighted by molar-refractivity contribution is -0.141. The first-order chi connectivity index (χ1) is 9.06. The molecule has 0 saturated carbocycles. The second kappa shape index (κ2) is 7.95. The minimum absolute atomic E-state index is 0.147. The molecule has 1 aromatic carbocycles. The highest BCUT2D eigenvalue weighted by molar-refractivity contribution is 5.70. The summed E-state index contributed by atoms with van der Waals surface area (Å²) in [4.78, 5) is 11.5. The summed E-state index contributed by atoms with van der Waals surface area (Å²) in [5.74, 6) is -0.154. The van der Waals surface area contributed by atoms with Crippen molar-refractivity contribution in [1.29, 1.82) is 0 Å². The van der Waals surface area contributed by atoms with E-state index in [1.165, 1.54) is 23.8 Å². The van der Waals surface area contributed by atoms with E-state index in [1.807, 2.05) is 0 Å². The molecule has 0 spiro atoms. The van der Waals surface area contributed by atoms with Gasteiger partial charge in [-0.3, -0.25) is 4.79 Å². The maximum absolute atomic E-state index is 11.5. The first kappa shape index (κ1) is 15.7. The van der Waals surface area contributed by atoms with Gasteiger partial charge in [-0.05, 0) is 44.4 Å². The first-order valence-corrected chi connectivity index (χ1v) is 6.93. The van der Waals surface area contributed by atoms with Gasteiger partial charge in [0, 0.05) is 6.04 Å². The molecule has 1 aromatic rings. The number of rotatable bonds is 7. The first-order valence-electron chi connectivity index (χ1n) is 6.93. The van der Waals surface area contributed by atoms with E-state index in [0.717, 1.165) is 19.4 Å². The Kier molecular flexibility index (Phi) is 6.57. The molecule has 106 valence electrons. The summed E-state index contributed by atoms with van der Waals surface area (Å²) in [6.07, 6.45) is 2.34. The number of ether oxygens (including phenoxy) is 1. The topological polar surface area (TPSA) is 38.3 Å². The number of hydrogen-bond acceptors (Lipinski definition) is 3. The third-order valence-electron chi connectivity index (χ3n) is 3.29. The van der Waals surface area contributed by atoms with Crippen LogP contribution in [0.1, 0.15) is 36.5 Å². The number of esters is 1. The van der Waals surface area contributed by atoms with Gasteiger partial charge >= 0.3 is 5.97 Å². The van der Waals surface area contributed by atoms with Gasteiger partial charge < -0.3 is 10.1 Å². The lowest BCUT2D eigenvalue weighted by Crippen LogP contribution is -2.34. The average Bonchev–Trinajstić information content (AvgIpc) is 2.38. The monoisotopic (exact) mass is 263 g/mol. The molecule has 0 aliphatic carbocycles. The fraction of sp³-hybridized carbons (Fsp3) is 0.562. The Labute approximate surface area is 116 Å². The van der Waals surface area contributed by atoms with Crippen molar-refractivity contribution in [1.82, 2.24) is 5.32 Å². The van der Waals surface area contributed by atoms with Crippen LogP contribution >= 0.6 is 0 Å². The van der Waals surface area contributed by atoms with Crippen molar-refractivity contribution >= 4 is 5.97 Å². The molecule has 1 rings (SSSR count). The summed E-state index contributed by atoms with van der Waals surface area (Å²) >= 11 is 0. The van der Waals surface area contributed by atoms with Gasteiger partial charge in [-0.15, -0.1) is 0 Å². The highest BCUT2D eigenvalue weighted by Gasteiger charge is 2.15. The van der Waals surface area contributed by atoms with Crippen molar-refractivity contribution in [3.05, 3.63) is 34.9 Å². The Balaban J connectivity index is 2.72. The summed E-state index contributed by atoms with van der Waals surface area (Å²) in [5.41, 5.74) is 3.85. The van der Waals surface area contributed by atoms with Crippen LogP contribution in [0.25, 0.3) is 0 Å². The van der Waals surface area contributed by atoms with Crippen LogP contribution in [-0.2, 0) is 16.0 Å². The van der Waals surface area contributed by atoms with E-state index in [2.05, 4.69) is 44.3 Å². The number of nitrogens with one attached hydrogen (secondary N) is 1. The van der Waals surface area contributed by atoms with E-state index in [1.54, 1.807) is 0 Å². The smallest absolute Gasteiger partial charge is 0.307 e. The van der Waals surface area contributed by atoms with Crippen molar-refractivity contribution in [2.75, 3.05) is 13.7 Å². The third kappa shape index (κ3) is 5.43. The van der Waals surface area contributed by atoms with E-state index < -0.39 is 0 Å². The molecule has 3 heteroatoms. The van der Waals surface area contributed by atoms with Gasteiger partial charge in [0.05, 0.1) is 13.5 Å². The second-order valence-corrected chi connectivity index (χ2v) is 5.07. The normalized spacial score (nSPS) is 12.2. The molecule has 0 aliphatic rings. The fourth-order valence-corrected chi connectivity index (χ4v) is 2.19. The number of methoxy groups -OCH3 is 1. The zero-order valence-electron chi connectivity index (χ0n) is 12.5. The van der Waals surface area contributed by atoms with Gasteiger partial charge in [-0.2, -0.15) is 0 Å². The molecule has 0 amide bonds. The number of aryl methyl sites for hydroxylation is 2. The zero-order valence-corrected chi connectivity index (χ0v) is 12.5. The highest BCUT2D eigenvalue weighted by Crippen LogP contribution is 2.14. The summed E-state index contributed by atoms with van der Waals surface area (Å²) in [6.45, 7) is 7.27. The van der Waals surface area contributed by atoms with Crippen LogP contribution in [0.5, 0.6) is 0 Å². The molecule has 0 heterocycles. The molecule has 0 fully saturated rings. The van der Waals surface area contributed by atoms with Gasteiger partial charge in [0.1, 0.15) is 0 Å². The van der Waals surface area contributed by atoms with E-state index in [4.69, 9.17) is 4.74 Å². The van der Waals surface area contributed by atoms with Crippen molar-refractivity contribution in [3.63, 3.8) is 0 Å². The van der Waals surface area contributed by atoms with Gasteiger partial charge in [-0.1, -0.05) is 30.7 Å². The number of carbonyl (C=O) groups excluding carboxylic acids is 1. The molecular formula is C16H25NO2. The predicted molar refractivity (Wildman–Crippen MR) is 78.3 cm³/mol. The van der Waals surface area contributed by atoms with Crippen LogP contribution in [0.4, 0.5) is 0 Å². The molecular weight excluding hydrogens is 238 g/mol. The van der Waals surface area contributed by atoms with E-state index in [0.29, 0.717) is 6.42 Å². The molecule has 0 saturated heterocycles. The molecule has 0 aliphatic heterocycles. The standard InChI is InChI=1S/C16H25NO2/c1-5-8-17-15(11-16(18)19-4)10-14-7-6-12(2)9-13(14)3/h6-7,9,15,17H,5,8,10-11H2,1-4H3. The summed E-state index contributed by atoms with van der Waals surface area (Å²) in [5, 5.41) is 3.42. The summed E-state index contributed by atoms with van der Waals surface area (Å²) in [7, 11) is 1.44. The molecule has 3 nitrogen and oxygen atoms in total. The number of carbonyl (C=O) groups is 1. The van der Waals surface area contributed by atoms with Crippen molar-refractivity contribution in [2.24, 2.45) is 0 Å².